The summed E-state index contributed by atoms with van der Waals surface area (Å²) < 4.78 is 26.3. The summed E-state index contributed by atoms with van der Waals surface area (Å²) in [4.78, 5) is 23.3. The summed E-state index contributed by atoms with van der Waals surface area (Å²) in [5.74, 6) is -2.05. The van der Waals surface area contributed by atoms with Crippen LogP contribution in [0.2, 0.25) is 0 Å². The van der Waals surface area contributed by atoms with E-state index in [4.69, 9.17) is 0 Å². The van der Waals surface area contributed by atoms with E-state index in [1.807, 2.05) is 0 Å². The number of hydrogen-bond donors (Lipinski definition) is 3. The van der Waals surface area contributed by atoms with Crippen LogP contribution in [-0.4, -0.2) is 38.0 Å². The van der Waals surface area contributed by atoms with Gasteiger partial charge < -0.3 is 10.4 Å². The molecule has 1 aliphatic rings. The first-order valence-electron chi connectivity index (χ1n) is 7.45. The minimum atomic E-state index is -3.70. The van der Waals surface area contributed by atoms with Gasteiger partial charge in [0.2, 0.25) is 5.91 Å². The number of hydrogen-bond acceptors (Lipinski definition) is 5. The van der Waals surface area contributed by atoms with Crippen molar-refractivity contribution in [2.24, 2.45) is 5.92 Å². The third-order valence-electron chi connectivity index (χ3n) is 3.86. The van der Waals surface area contributed by atoms with Gasteiger partial charge in [-0.05, 0) is 24.3 Å². The Kier molecular flexibility index (Phi) is 6.14. The number of aliphatic carboxylic acids is 1. The van der Waals surface area contributed by atoms with E-state index in [1.165, 1.54) is 6.07 Å². The van der Waals surface area contributed by atoms with Gasteiger partial charge in [0.05, 0.1) is 12.5 Å². The van der Waals surface area contributed by atoms with Crippen LogP contribution in [0.5, 0.6) is 0 Å². The Morgan fingerprint density at radius 1 is 1.26 bits per heavy atom. The molecule has 3 N–H and O–H groups in total. The van der Waals surface area contributed by atoms with Crippen molar-refractivity contribution in [2.75, 3.05) is 6.54 Å². The molecule has 0 aromatic carbocycles. The molecule has 2 atom stereocenters. The maximum absolute atomic E-state index is 12.0. The van der Waals surface area contributed by atoms with Crippen molar-refractivity contribution in [3.63, 3.8) is 0 Å². The lowest BCUT2D eigenvalue weighted by molar-refractivity contribution is -0.143. The number of carbonyl (C=O) groups is 2. The van der Waals surface area contributed by atoms with Crippen LogP contribution in [0, 0.1) is 5.92 Å². The van der Waals surface area contributed by atoms with Gasteiger partial charge in [0.1, 0.15) is 4.21 Å². The van der Waals surface area contributed by atoms with Crippen molar-refractivity contribution in [3.05, 3.63) is 17.5 Å². The molecule has 0 bridgehead atoms. The van der Waals surface area contributed by atoms with Crippen LogP contribution >= 0.6 is 11.3 Å². The summed E-state index contributed by atoms with van der Waals surface area (Å²) in [6.07, 6.45) is 3.76. The SMILES string of the molecule is O=C(CNS(=O)(=O)c1cccs1)N[C@H]1CCCCC[C@H]1C(=O)O. The van der Waals surface area contributed by atoms with E-state index < -0.39 is 40.4 Å². The normalized spacial score (nSPS) is 22.3. The zero-order valence-corrected chi connectivity index (χ0v) is 14.2. The lowest BCUT2D eigenvalue weighted by Gasteiger charge is -2.22. The van der Waals surface area contributed by atoms with Gasteiger partial charge in [0, 0.05) is 6.04 Å². The van der Waals surface area contributed by atoms with Crippen molar-refractivity contribution < 1.29 is 23.1 Å². The summed E-state index contributed by atoms with van der Waals surface area (Å²) in [7, 11) is -3.70. The number of rotatable bonds is 6. The zero-order valence-electron chi connectivity index (χ0n) is 12.5. The largest absolute Gasteiger partial charge is 0.481 e. The average Bonchev–Trinajstić information content (AvgIpc) is 2.94. The molecule has 2 rings (SSSR count). The lowest BCUT2D eigenvalue weighted by atomic mass is 9.95. The monoisotopic (exact) mass is 360 g/mol. The molecule has 23 heavy (non-hydrogen) atoms. The standard InChI is InChI=1S/C14H20N2O5S2/c17-12(9-15-23(20,21)13-7-4-8-22-13)16-11-6-3-1-2-5-10(11)14(18)19/h4,7-8,10-11,15H,1-3,5-6,9H2,(H,16,17)(H,18,19)/t10-,11+/m1/s1. The van der Waals surface area contributed by atoms with E-state index in [0.717, 1.165) is 30.6 Å². The third-order valence-corrected chi connectivity index (χ3v) is 6.66. The molecule has 0 aliphatic heterocycles. The van der Waals surface area contributed by atoms with Crippen LogP contribution in [0.15, 0.2) is 21.7 Å². The average molecular weight is 360 g/mol. The molecule has 7 nitrogen and oxygen atoms in total. The molecule has 1 amide bonds. The van der Waals surface area contributed by atoms with Crippen LogP contribution in [-0.2, 0) is 19.6 Å². The molecule has 0 unspecified atom stereocenters. The quantitative estimate of drug-likeness (QED) is 0.659. The molecule has 1 saturated carbocycles. The Morgan fingerprint density at radius 3 is 2.65 bits per heavy atom. The van der Waals surface area contributed by atoms with E-state index in [-0.39, 0.29) is 4.21 Å². The number of carboxylic acids is 1. The van der Waals surface area contributed by atoms with Crippen LogP contribution < -0.4 is 10.0 Å². The van der Waals surface area contributed by atoms with Crippen molar-refractivity contribution in [2.45, 2.75) is 42.4 Å². The first kappa shape index (κ1) is 17.9. The van der Waals surface area contributed by atoms with E-state index in [9.17, 15) is 23.1 Å². The first-order valence-corrected chi connectivity index (χ1v) is 9.82. The molecule has 0 saturated heterocycles. The molecule has 1 aliphatic carbocycles. The predicted octanol–water partition coefficient (Wildman–Crippen LogP) is 1.18. The van der Waals surface area contributed by atoms with Crippen LogP contribution in [0.25, 0.3) is 0 Å². The van der Waals surface area contributed by atoms with Gasteiger partial charge >= 0.3 is 5.97 Å². The second-order valence-electron chi connectivity index (χ2n) is 5.51. The van der Waals surface area contributed by atoms with E-state index in [2.05, 4.69) is 10.0 Å². The number of nitrogens with one attached hydrogen (secondary N) is 2. The van der Waals surface area contributed by atoms with Crippen LogP contribution in [0.1, 0.15) is 32.1 Å². The smallest absolute Gasteiger partial charge is 0.308 e. The van der Waals surface area contributed by atoms with Crippen molar-refractivity contribution in [1.82, 2.24) is 10.0 Å². The summed E-state index contributed by atoms with van der Waals surface area (Å²) in [6.45, 7) is -0.400. The highest BCUT2D eigenvalue weighted by Gasteiger charge is 2.30. The molecule has 1 heterocycles. The van der Waals surface area contributed by atoms with Crippen LogP contribution in [0.3, 0.4) is 0 Å². The Labute approximate surface area is 139 Å². The number of carboxylic acid groups (broad SMARTS) is 1. The molecule has 9 heteroatoms. The van der Waals surface area contributed by atoms with Gasteiger partial charge in [-0.25, -0.2) is 13.1 Å². The number of carbonyl (C=O) groups excluding carboxylic acids is 1. The summed E-state index contributed by atoms with van der Waals surface area (Å²) in [5.41, 5.74) is 0. The summed E-state index contributed by atoms with van der Waals surface area (Å²) in [5, 5.41) is 13.6. The van der Waals surface area contributed by atoms with E-state index in [1.54, 1.807) is 11.4 Å². The number of amides is 1. The van der Waals surface area contributed by atoms with Crippen LogP contribution in [0.4, 0.5) is 0 Å². The van der Waals surface area contributed by atoms with E-state index >= 15 is 0 Å². The molecule has 1 aromatic heterocycles. The third kappa shape index (κ3) is 5.02. The van der Waals surface area contributed by atoms with Crippen molar-refractivity contribution >= 4 is 33.2 Å². The van der Waals surface area contributed by atoms with Gasteiger partial charge in [-0.3, -0.25) is 9.59 Å². The highest BCUT2D eigenvalue weighted by Crippen LogP contribution is 2.23. The van der Waals surface area contributed by atoms with Gasteiger partial charge in [-0.15, -0.1) is 11.3 Å². The highest BCUT2D eigenvalue weighted by atomic mass is 32.2. The maximum atomic E-state index is 12.0. The Morgan fingerprint density at radius 2 is 2.00 bits per heavy atom. The molecular weight excluding hydrogens is 340 g/mol. The first-order chi connectivity index (χ1) is 10.9. The topological polar surface area (TPSA) is 113 Å². The zero-order chi connectivity index (χ0) is 16.9. The Balaban J connectivity index is 1.91. The van der Waals surface area contributed by atoms with Gasteiger partial charge in [0.15, 0.2) is 0 Å². The molecule has 1 aromatic rings. The number of thiophene rings is 1. The second kappa shape index (κ2) is 7.89. The fourth-order valence-corrected chi connectivity index (χ4v) is 4.70. The molecular formula is C14H20N2O5S2. The lowest BCUT2D eigenvalue weighted by Crippen LogP contribution is -2.46. The minimum absolute atomic E-state index is 0.142. The predicted molar refractivity (Wildman–Crippen MR) is 85.6 cm³/mol. The summed E-state index contributed by atoms with van der Waals surface area (Å²) in [6, 6.07) is 2.62. The minimum Gasteiger partial charge on any atom is -0.481 e. The highest BCUT2D eigenvalue weighted by molar-refractivity contribution is 7.91. The number of sulfonamides is 1. The summed E-state index contributed by atoms with van der Waals surface area (Å²) >= 11 is 1.06. The molecule has 128 valence electrons. The van der Waals surface area contributed by atoms with Crippen molar-refractivity contribution in [3.8, 4) is 0 Å². The van der Waals surface area contributed by atoms with Gasteiger partial charge in [-0.2, -0.15) is 0 Å². The molecule has 0 spiro atoms. The van der Waals surface area contributed by atoms with E-state index in [0.29, 0.717) is 12.8 Å². The Hall–Kier alpha value is -1.45. The Bertz CT molecular complexity index is 642. The maximum Gasteiger partial charge on any atom is 0.308 e. The second-order valence-corrected chi connectivity index (χ2v) is 8.45. The van der Waals surface area contributed by atoms with Gasteiger partial charge in [-0.1, -0.05) is 25.3 Å². The molecule has 0 radical (unpaired) electrons. The fraction of sp³-hybridized carbons (Fsp3) is 0.571. The molecule has 1 fully saturated rings. The van der Waals surface area contributed by atoms with Gasteiger partial charge in [0.25, 0.3) is 10.0 Å². The van der Waals surface area contributed by atoms with Crippen molar-refractivity contribution in [1.29, 1.82) is 0 Å². The fourth-order valence-electron chi connectivity index (χ4n) is 2.68.